The van der Waals surface area contributed by atoms with Gasteiger partial charge in [0, 0.05) is 41.9 Å². The Morgan fingerprint density at radius 1 is 0.949 bits per heavy atom. The average molecular weight is 522 g/mol. The molecule has 0 bridgehead atoms. The molecule has 3 aromatic carbocycles. The number of nitrogens with one attached hydrogen (secondary N) is 3. The van der Waals surface area contributed by atoms with Gasteiger partial charge in [-0.1, -0.05) is 42.5 Å². The number of hydrogen-bond acceptors (Lipinski definition) is 5. The van der Waals surface area contributed by atoms with Crippen LogP contribution in [-0.2, 0) is 13.6 Å². The second-order valence-corrected chi connectivity index (χ2v) is 9.05. The van der Waals surface area contributed by atoms with Crippen LogP contribution in [-0.4, -0.2) is 28.5 Å². The molecular weight excluding hydrogens is 494 g/mol. The Bertz CT molecular complexity index is 1750. The Hall–Kier alpha value is -5.31. The average Bonchev–Trinajstić information content (AvgIpc) is 3.41. The molecule has 0 saturated carbocycles. The summed E-state index contributed by atoms with van der Waals surface area (Å²) < 4.78 is 6.99. The Morgan fingerprint density at radius 2 is 1.67 bits per heavy atom. The fraction of sp³-hybridized carbons (Fsp3) is 0.100. The Kier molecular flexibility index (Phi) is 6.88. The molecule has 0 aliphatic rings. The number of amides is 2. The van der Waals surface area contributed by atoms with Gasteiger partial charge in [-0.25, -0.2) is 0 Å². The summed E-state index contributed by atoms with van der Waals surface area (Å²) in [6, 6.07) is 23.1. The summed E-state index contributed by atoms with van der Waals surface area (Å²) in [6.07, 6.45) is 1.74. The quantitative estimate of drug-likeness (QED) is 0.237. The van der Waals surface area contributed by atoms with Crippen molar-refractivity contribution in [2.75, 3.05) is 18.2 Å². The smallest absolute Gasteiger partial charge is 0.274 e. The molecule has 0 atom stereocenters. The van der Waals surface area contributed by atoms with E-state index in [0.29, 0.717) is 33.6 Å². The number of methoxy groups -OCH3 is 1. The van der Waals surface area contributed by atoms with Gasteiger partial charge in [-0.15, -0.1) is 0 Å². The number of aryl methyl sites for hydroxylation is 1. The van der Waals surface area contributed by atoms with E-state index >= 15 is 0 Å². The Balaban J connectivity index is 1.33. The van der Waals surface area contributed by atoms with Crippen LogP contribution in [0.4, 0.5) is 11.4 Å². The predicted molar refractivity (Wildman–Crippen MR) is 152 cm³/mol. The van der Waals surface area contributed by atoms with Crippen LogP contribution in [0.15, 0.2) is 89.9 Å². The number of rotatable bonds is 7. The van der Waals surface area contributed by atoms with E-state index in [-0.39, 0.29) is 29.6 Å². The van der Waals surface area contributed by atoms with Crippen molar-refractivity contribution in [1.82, 2.24) is 14.9 Å². The summed E-state index contributed by atoms with van der Waals surface area (Å²) in [5.41, 5.74) is 10.1. The minimum absolute atomic E-state index is 0.235. The van der Waals surface area contributed by atoms with Crippen molar-refractivity contribution in [2.45, 2.75) is 6.54 Å². The molecule has 39 heavy (non-hydrogen) atoms. The van der Waals surface area contributed by atoms with Gasteiger partial charge in [0.2, 0.25) is 0 Å². The van der Waals surface area contributed by atoms with Crippen LogP contribution < -0.4 is 26.7 Å². The van der Waals surface area contributed by atoms with Crippen LogP contribution >= 0.6 is 0 Å². The maximum atomic E-state index is 13.0. The number of pyridine rings is 1. The van der Waals surface area contributed by atoms with E-state index in [1.165, 1.54) is 4.57 Å². The van der Waals surface area contributed by atoms with Crippen LogP contribution in [0.5, 0.6) is 5.75 Å². The minimum Gasteiger partial charge on any atom is -0.496 e. The van der Waals surface area contributed by atoms with Crippen molar-refractivity contribution >= 4 is 34.1 Å². The maximum Gasteiger partial charge on any atom is 0.274 e. The summed E-state index contributed by atoms with van der Waals surface area (Å²) in [7, 11) is 3.26. The summed E-state index contributed by atoms with van der Waals surface area (Å²) >= 11 is 0. The number of carbonyl (C=O) groups is 2. The molecule has 2 heterocycles. The number of benzene rings is 3. The zero-order chi connectivity index (χ0) is 27.5. The van der Waals surface area contributed by atoms with E-state index in [0.717, 1.165) is 16.7 Å². The van der Waals surface area contributed by atoms with Gasteiger partial charge < -0.3 is 30.7 Å². The molecule has 5 N–H and O–H groups in total. The van der Waals surface area contributed by atoms with Gasteiger partial charge in [-0.05, 0) is 42.0 Å². The summed E-state index contributed by atoms with van der Waals surface area (Å²) in [4.78, 5) is 41.4. The van der Waals surface area contributed by atoms with Crippen molar-refractivity contribution in [1.29, 1.82) is 0 Å². The van der Waals surface area contributed by atoms with E-state index in [1.807, 2.05) is 24.3 Å². The lowest BCUT2D eigenvalue weighted by Gasteiger charge is -2.10. The van der Waals surface area contributed by atoms with Crippen LogP contribution in [0.1, 0.15) is 26.4 Å². The lowest BCUT2D eigenvalue weighted by molar-refractivity contribution is 0.0945. The number of H-pyrrole nitrogens is 1. The van der Waals surface area contributed by atoms with E-state index in [2.05, 4.69) is 15.6 Å². The van der Waals surface area contributed by atoms with E-state index in [9.17, 15) is 14.4 Å². The monoisotopic (exact) mass is 521 g/mol. The second kappa shape index (κ2) is 10.6. The second-order valence-electron chi connectivity index (χ2n) is 9.05. The number of fused-ring (bicyclic) bond motifs is 1. The fourth-order valence-corrected chi connectivity index (χ4v) is 4.39. The van der Waals surface area contributed by atoms with Gasteiger partial charge >= 0.3 is 0 Å². The number of aromatic nitrogens is 2. The highest BCUT2D eigenvalue weighted by Gasteiger charge is 2.18. The highest BCUT2D eigenvalue weighted by molar-refractivity contribution is 6.06. The van der Waals surface area contributed by atoms with E-state index in [1.54, 1.807) is 75.0 Å². The fourth-order valence-electron chi connectivity index (χ4n) is 4.39. The first kappa shape index (κ1) is 25.3. The number of para-hydroxylation sites is 3. The van der Waals surface area contributed by atoms with Crippen molar-refractivity contribution in [2.24, 2.45) is 7.05 Å². The summed E-state index contributed by atoms with van der Waals surface area (Å²) in [5.74, 6) is 0.0172. The highest BCUT2D eigenvalue weighted by Crippen LogP contribution is 2.34. The Labute approximate surface area is 224 Å². The molecular formula is C30H27N5O4. The first-order valence-electron chi connectivity index (χ1n) is 12.2. The molecule has 2 aromatic heterocycles. The molecule has 0 radical (unpaired) electrons. The minimum atomic E-state index is -0.361. The third-order valence-corrected chi connectivity index (χ3v) is 6.48. The number of nitrogens with zero attached hydrogens (tertiary/aromatic N) is 1. The lowest BCUT2D eigenvalue weighted by Crippen LogP contribution is -2.23. The predicted octanol–water partition coefficient (Wildman–Crippen LogP) is 4.31. The van der Waals surface area contributed by atoms with Gasteiger partial charge in [0.15, 0.2) is 0 Å². The molecule has 0 spiro atoms. The molecule has 2 amide bonds. The molecule has 9 nitrogen and oxygen atoms in total. The van der Waals surface area contributed by atoms with E-state index < -0.39 is 0 Å². The van der Waals surface area contributed by atoms with E-state index in [4.69, 9.17) is 10.5 Å². The van der Waals surface area contributed by atoms with Crippen molar-refractivity contribution < 1.29 is 14.3 Å². The summed E-state index contributed by atoms with van der Waals surface area (Å²) in [5, 5.41) is 6.28. The zero-order valence-electron chi connectivity index (χ0n) is 21.4. The third-order valence-electron chi connectivity index (χ3n) is 6.48. The number of nitrogens with two attached hydrogens (primary N) is 1. The standard InChI is InChI=1S/C30H27N5O4/c1-35-17-22(20-7-3-6-10-26(20)39-2)21-15-25(33-27(21)30(35)38)29(37)32-16-18-11-13-19(14-12-18)28(36)34-24-9-5-4-8-23(24)31/h3-15,17,33H,16,31H2,1-2H3,(H,32,37)(H,34,36). The molecule has 9 heteroatoms. The summed E-state index contributed by atoms with van der Waals surface area (Å²) in [6.45, 7) is 0.235. The first-order chi connectivity index (χ1) is 18.9. The van der Waals surface area contributed by atoms with Crippen LogP contribution in [0.3, 0.4) is 0 Å². The van der Waals surface area contributed by atoms with Gasteiger partial charge in [0.1, 0.15) is 17.0 Å². The molecule has 0 saturated heterocycles. The maximum absolute atomic E-state index is 13.0. The Morgan fingerprint density at radius 3 is 2.41 bits per heavy atom. The molecule has 5 aromatic rings. The number of ether oxygens (including phenoxy) is 1. The van der Waals surface area contributed by atoms with Gasteiger partial charge in [0.25, 0.3) is 17.4 Å². The molecule has 196 valence electrons. The van der Waals surface area contributed by atoms with Crippen LogP contribution in [0.2, 0.25) is 0 Å². The van der Waals surface area contributed by atoms with Gasteiger partial charge in [-0.2, -0.15) is 0 Å². The van der Waals surface area contributed by atoms with Crippen molar-refractivity contribution in [3.8, 4) is 16.9 Å². The first-order valence-corrected chi connectivity index (χ1v) is 12.2. The third kappa shape index (κ3) is 5.10. The topological polar surface area (TPSA) is 131 Å². The van der Waals surface area contributed by atoms with Crippen molar-refractivity contribution in [3.63, 3.8) is 0 Å². The largest absolute Gasteiger partial charge is 0.496 e. The number of aromatic amines is 1. The highest BCUT2D eigenvalue weighted by atomic mass is 16.5. The molecule has 0 aliphatic heterocycles. The molecule has 5 rings (SSSR count). The number of hydrogen-bond donors (Lipinski definition) is 4. The van der Waals surface area contributed by atoms with Gasteiger partial charge in [0.05, 0.1) is 18.5 Å². The van der Waals surface area contributed by atoms with Crippen molar-refractivity contribution in [3.05, 3.63) is 112 Å². The lowest BCUT2D eigenvalue weighted by atomic mass is 10.0. The molecule has 0 fully saturated rings. The van der Waals surface area contributed by atoms with Gasteiger partial charge in [-0.3, -0.25) is 14.4 Å². The SMILES string of the molecule is COc1ccccc1-c1cn(C)c(=O)c2[nH]c(C(=O)NCc3ccc(C(=O)Nc4ccccc4N)cc3)cc12. The number of carbonyl (C=O) groups excluding carboxylic acids is 2. The van der Waals surface area contributed by atoms with Crippen LogP contribution in [0, 0.1) is 0 Å². The normalized spacial score (nSPS) is 10.8. The number of anilines is 2. The number of nitrogen functional groups attached to an aromatic ring is 1. The molecule has 0 aliphatic carbocycles. The molecule has 0 unspecified atom stereocenters. The van der Waals surface area contributed by atoms with Crippen LogP contribution in [0.25, 0.3) is 22.0 Å². The zero-order valence-corrected chi connectivity index (χ0v) is 21.4.